The van der Waals surface area contributed by atoms with Gasteiger partial charge in [-0.25, -0.2) is 4.79 Å². The van der Waals surface area contributed by atoms with Crippen LogP contribution in [0.25, 0.3) is 0 Å². The van der Waals surface area contributed by atoms with Crippen molar-refractivity contribution in [1.82, 2.24) is 10.2 Å². The number of carbonyl (C=O) groups is 2. The van der Waals surface area contributed by atoms with Crippen LogP contribution in [0.4, 0.5) is 4.79 Å². The molecule has 6 heteroatoms. The van der Waals surface area contributed by atoms with Gasteiger partial charge in [0.05, 0.1) is 12.7 Å². The van der Waals surface area contributed by atoms with Gasteiger partial charge in [-0.1, -0.05) is 30.3 Å². The van der Waals surface area contributed by atoms with Crippen LogP contribution >= 0.6 is 0 Å². The molecule has 1 aromatic carbocycles. The number of nitrogens with one attached hydrogen (secondary N) is 1. The third-order valence-corrected chi connectivity index (χ3v) is 4.65. The number of ether oxygens (including phenoxy) is 2. The highest BCUT2D eigenvalue weighted by Crippen LogP contribution is 2.18. The van der Waals surface area contributed by atoms with E-state index in [2.05, 4.69) is 17.4 Å². The Labute approximate surface area is 155 Å². The highest BCUT2D eigenvalue weighted by Gasteiger charge is 2.27. The quantitative estimate of drug-likeness (QED) is 0.722. The van der Waals surface area contributed by atoms with Crippen molar-refractivity contribution < 1.29 is 19.1 Å². The molecule has 2 amide bonds. The summed E-state index contributed by atoms with van der Waals surface area (Å²) in [5.74, 6) is 0.0504. The highest BCUT2D eigenvalue weighted by atomic mass is 16.6. The molecule has 6 nitrogen and oxygen atoms in total. The lowest BCUT2D eigenvalue weighted by Crippen LogP contribution is -2.43. The lowest BCUT2D eigenvalue weighted by molar-refractivity contribution is -0.126. The first-order chi connectivity index (χ1) is 12.6. The first kappa shape index (κ1) is 20.2. The Morgan fingerprint density at radius 3 is 2.58 bits per heavy atom. The molecule has 1 atom stereocenters. The molecule has 26 heavy (non-hydrogen) atoms. The summed E-state index contributed by atoms with van der Waals surface area (Å²) in [6.07, 6.45) is 1.93. The second-order valence-electron chi connectivity index (χ2n) is 6.53. The first-order valence-corrected chi connectivity index (χ1v) is 9.47. The molecule has 0 saturated carbocycles. The molecule has 144 valence electrons. The van der Waals surface area contributed by atoms with Crippen LogP contribution in [0.2, 0.25) is 0 Å². The van der Waals surface area contributed by atoms with Gasteiger partial charge in [-0.05, 0) is 38.7 Å². The molecular weight excluding hydrogens is 332 g/mol. The second kappa shape index (κ2) is 10.8. The summed E-state index contributed by atoms with van der Waals surface area (Å²) in [6.45, 7) is 6.58. The van der Waals surface area contributed by atoms with Crippen LogP contribution in [0.3, 0.4) is 0 Å². The monoisotopic (exact) mass is 362 g/mol. The normalized spacial score (nSPS) is 16.2. The fourth-order valence-electron chi connectivity index (χ4n) is 3.05. The Kier molecular flexibility index (Phi) is 8.41. The van der Waals surface area contributed by atoms with Crippen LogP contribution < -0.4 is 5.32 Å². The number of piperidine rings is 1. The predicted molar refractivity (Wildman–Crippen MR) is 99.8 cm³/mol. The van der Waals surface area contributed by atoms with Crippen molar-refractivity contribution in [3.63, 3.8) is 0 Å². The predicted octanol–water partition coefficient (Wildman–Crippen LogP) is 3.14. The molecule has 1 aliphatic heterocycles. The summed E-state index contributed by atoms with van der Waals surface area (Å²) >= 11 is 0. The van der Waals surface area contributed by atoms with Crippen molar-refractivity contribution in [3.05, 3.63) is 35.9 Å². The first-order valence-electron chi connectivity index (χ1n) is 9.47. The molecule has 0 aliphatic carbocycles. The zero-order chi connectivity index (χ0) is 18.8. The van der Waals surface area contributed by atoms with Crippen LogP contribution in [0.15, 0.2) is 30.3 Å². The van der Waals surface area contributed by atoms with Gasteiger partial charge in [0, 0.05) is 32.2 Å². The van der Waals surface area contributed by atoms with E-state index in [1.165, 1.54) is 0 Å². The summed E-state index contributed by atoms with van der Waals surface area (Å²) in [7, 11) is 0. The number of hydrogen-bond donors (Lipinski definition) is 1. The molecular formula is C20H30N2O4. The van der Waals surface area contributed by atoms with Crippen molar-refractivity contribution in [2.45, 2.75) is 39.2 Å². The lowest BCUT2D eigenvalue weighted by atomic mass is 9.96. The SMILES string of the molecule is CCOC(=O)N1CCC(C(=O)NCCCO[C@H](C)c2ccccc2)CC1. The molecule has 1 fully saturated rings. The zero-order valence-corrected chi connectivity index (χ0v) is 15.8. The van der Waals surface area contributed by atoms with E-state index in [4.69, 9.17) is 9.47 Å². The summed E-state index contributed by atoms with van der Waals surface area (Å²) in [6, 6.07) is 10.1. The molecule has 0 spiro atoms. The molecule has 1 heterocycles. The molecule has 0 unspecified atom stereocenters. The van der Waals surface area contributed by atoms with E-state index >= 15 is 0 Å². The zero-order valence-electron chi connectivity index (χ0n) is 15.8. The van der Waals surface area contributed by atoms with Crippen molar-refractivity contribution in [1.29, 1.82) is 0 Å². The summed E-state index contributed by atoms with van der Waals surface area (Å²) < 4.78 is 10.8. The van der Waals surface area contributed by atoms with E-state index in [-0.39, 0.29) is 24.0 Å². The Morgan fingerprint density at radius 2 is 1.92 bits per heavy atom. The van der Waals surface area contributed by atoms with Gasteiger partial charge in [0.1, 0.15) is 0 Å². The van der Waals surface area contributed by atoms with E-state index in [0.29, 0.717) is 45.7 Å². The second-order valence-corrected chi connectivity index (χ2v) is 6.53. The Balaban J connectivity index is 1.57. The maximum Gasteiger partial charge on any atom is 0.409 e. The van der Waals surface area contributed by atoms with Crippen molar-refractivity contribution in [2.75, 3.05) is 32.8 Å². The van der Waals surface area contributed by atoms with Crippen molar-refractivity contribution in [2.24, 2.45) is 5.92 Å². The van der Waals surface area contributed by atoms with Gasteiger partial charge in [0.25, 0.3) is 0 Å². The van der Waals surface area contributed by atoms with Gasteiger partial charge in [0.2, 0.25) is 5.91 Å². The summed E-state index contributed by atoms with van der Waals surface area (Å²) in [5, 5.41) is 2.98. The molecule has 1 aliphatic rings. The molecule has 0 bridgehead atoms. The highest BCUT2D eigenvalue weighted by molar-refractivity contribution is 5.79. The van der Waals surface area contributed by atoms with Gasteiger partial charge >= 0.3 is 6.09 Å². The van der Waals surface area contributed by atoms with Gasteiger partial charge in [-0.2, -0.15) is 0 Å². The Bertz CT molecular complexity index is 556. The Hall–Kier alpha value is -2.08. The minimum Gasteiger partial charge on any atom is -0.450 e. The topological polar surface area (TPSA) is 67.9 Å². The average molecular weight is 362 g/mol. The van der Waals surface area contributed by atoms with Gasteiger partial charge in [0.15, 0.2) is 0 Å². The third kappa shape index (κ3) is 6.33. The minimum atomic E-state index is -0.281. The average Bonchev–Trinajstić information content (AvgIpc) is 2.68. The molecule has 0 aromatic heterocycles. The lowest BCUT2D eigenvalue weighted by Gasteiger charge is -2.30. The van der Waals surface area contributed by atoms with Gasteiger partial charge < -0.3 is 19.7 Å². The smallest absolute Gasteiger partial charge is 0.409 e. The van der Waals surface area contributed by atoms with Crippen LogP contribution in [-0.2, 0) is 14.3 Å². The third-order valence-electron chi connectivity index (χ3n) is 4.65. The molecule has 0 radical (unpaired) electrons. The maximum absolute atomic E-state index is 12.2. The van der Waals surface area contributed by atoms with Crippen LogP contribution in [0, 0.1) is 5.92 Å². The largest absolute Gasteiger partial charge is 0.450 e. The molecule has 1 aromatic rings. The molecule has 1 N–H and O–H groups in total. The molecule has 1 saturated heterocycles. The van der Waals surface area contributed by atoms with E-state index in [1.807, 2.05) is 25.1 Å². The van der Waals surface area contributed by atoms with E-state index < -0.39 is 0 Å². The minimum absolute atomic E-state index is 0.0233. The van der Waals surface area contributed by atoms with Crippen LogP contribution in [-0.4, -0.2) is 49.7 Å². The van der Waals surface area contributed by atoms with E-state index in [1.54, 1.807) is 11.8 Å². The van der Waals surface area contributed by atoms with E-state index in [0.717, 1.165) is 12.0 Å². The van der Waals surface area contributed by atoms with Gasteiger partial charge in [-0.15, -0.1) is 0 Å². The number of carbonyl (C=O) groups excluding carboxylic acids is 2. The number of rotatable bonds is 8. The van der Waals surface area contributed by atoms with E-state index in [9.17, 15) is 9.59 Å². The molecule has 2 rings (SSSR count). The summed E-state index contributed by atoms with van der Waals surface area (Å²) in [4.78, 5) is 25.6. The maximum atomic E-state index is 12.2. The number of benzene rings is 1. The number of likely N-dealkylation sites (tertiary alicyclic amines) is 1. The van der Waals surface area contributed by atoms with Gasteiger partial charge in [-0.3, -0.25) is 4.79 Å². The number of amides is 2. The van der Waals surface area contributed by atoms with Crippen LogP contribution in [0.5, 0.6) is 0 Å². The fourth-order valence-corrected chi connectivity index (χ4v) is 3.05. The van der Waals surface area contributed by atoms with Crippen LogP contribution in [0.1, 0.15) is 44.8 Å². The van der Waals surface area contributed by atoms with Crippen molar-refractivity contribution in [3.8, 4) is 0 Å². The summed E-state index contributed by atoms with van der Waals surface area (Å²) in [5.41, 5.74) is 1.16. The number of nitrogens with zero attached hydrogens (tertiary/aromatic N) is 1. The Morgan fingerprint density at radius 1 is 1.23 bits per heavy atom. The number of hydrogen-bond acceptors (Lipinski definition) is 4. The standard InChI is InChI=1S/C20H30N2O4/c1-3-25-20(24)22-13-10-18(11-14-22)19(23)21-12-7-15-26-16(2)17-8-5-4-6-9-17/h4-6,8-9,16,18H,3,7,10-15H2,1-2H3,(H,21,23)/t16-/m1/s1. The fraction of sp³-hybridized carbons (Fsp3) is 0.600. The van der Waals surface area contributed by atoms with Crippen molar-refractivity contribution >= 4 is 12.0 Å².